The van der Waals surface area contributed by atoms with Crippen molar-refractivity contribution in [1.82, 2.24) is 9.80 Å². The number of carbonyl (C=O) groups is 1. The molecular formula is C22H26N2O2. The molecule has 0 unspecified atom stereocenters. The summed E-state index contributed by atoms with van der Waals surface area (Å²) >= 11 is 0. The van der Waals surface area contributed by atoms with E-state index in [9.17, 15) is 4.79 Å². The molecule has 0 N–H and O–H groups in total. The first-order chi connectivity index (χ1) is 12.6. The highest BCUT2D eigenvalue weighted by Gasteiger charge is 2.19. The highest BCUT2D eigenvalue weighted by molar-refractivity contribution is 5.91. The van der Waals surface area contributed by atoms with Gasteiger partial charge in [0, 0.05) is 38.8 Å². The van der Waals surface area contributed by atoms with E-state index in [-0.39, 0.29) is 5.91 Å². The fourth-order valence-electron chi connectivity index (χ4n) is 3.18. The third kappa shape index (κ3) is 4.96. The molecule has 1 fully saturated rings. The Hall–Kier alpha value is -2.59. The molecule has 26 heavy (non-hydrogen) atoms. The summed E-state index contributed by atoms with van der Waals surface area (Å²) in [6.45, 7) is 6.45. The van der Waals surface area contributed by atoms with Gasteiger partial charge in [0.1, 0.15) is 5.75 Å². The second-order valence-corrected chi connectivity index (χ2v) is 6.70. The summed E-state index contributed by atoms with van der Waals surface area (Å²) in [5.41, 5.74) is 3.63. The highest BCUT2D eigenvalue weighted by Crippen LogP contribution is 2.13. The van der Waals surface area contributed by atoms with Crippen LogP contribution in [0.4, 0.5) is 0 Å². The van der Waals surface area contributed by atoms with E-state index in [0.717, 1.165) is 44.0 Å². The van der Waals surface area contributed by atoms with Crippen LogP contribution in [0, 0.1) is 6.92 Å². The normalized spacial score (nSPS) is 15.4. The van der Waals surface area contributed by atoms with Crippen LogP contribution >= 0.6 is 0 Å². The van der Waals surface area contributed by atoms with E-state index in [1.54, 1.807) is 13.2 Å². The Labute approximate surface area is 155 Å². The van der Waals surface area contributed by atoms with Gasteiger partial charge in [0.15, 0.2) is 0 Å². The number of amides is 1. The minimum Gasteiger partial charge on any atom is -0.497 e. The van der Waals surface area contributed by atoms with Crippen molar-refractivity contribution in [2.45, 2.75) is 13.5 Å². The van der Waals surface area contributed by atoms with Gasteiger partial charge in [-0.2, -0.15) is 0 Å². The van der Waals surface area contributed by atoms with Gasteiger partial charge in [-0.1, -0.05) is 42.0 Å². The van der Waals surface area contributed by atoms with Crippen molar-refractivity contribution in [2.75, 3.05) is 33.3 Å². The number of aryl methyl sites for hydroxylation is 1. The first-order valence-electron chi connectivity index (χ1n) is 9.03. The molecule has 0 atom stereocenters. The lowest BCUT2D eigenvalue weighted by atomic mass is 10.1. The SMILES string of the molecule is COc1ccc(/C=C/C(=O)N2CCN(Cc3cccc(C)c3)CC2)cc1. The summed E-state index contributed by atoms with van der Waals surface area (Å²) in [6.07, 6.45) is 3.53. The lowest BCUT2D eigenvalue weighted by Gasteiger charge is -2.34. The van der Waals surface area contributed by atoms with Crippen LogP contribution in [0.3, 0.4) is 0 Å². The number of piperazine rings is 1. The maximum atomic E-state index is 12.4. The number of hydrogen-bond donors (Lipinski definition) is 0. The fraction of sp³-hybridized carbons (Fsp3) is 0.318. The lowest BCUT2D eigenvalue weighted by molar-refractivity contribution is -0.127. The van der Waals surface area contributed by atoms with Crippen molar-refractivity contribution in [1.29, 1.82) is 0 Å². The summed E-state index contributed by atoms with van der Waals surface area (Å²) < 4.78 is 5.15. The molecule has 4 nitrogen and oxygen atoms in total. The van der Waals surface area contributed by atoms with Gasteiger partial charge in [-0.05, 0) is 36.3 Å². The lowest BCUT2D eigenvalue weighted by Crippen LogP contribution is -2.47. The van der Waals surface area contributed by atoms with Crippen LogP contribution < -0.4 is 4.74 Å². The Morgan fingerprint density at radius 2 is 1.81 bits per heavy atom. The van der Waals surface area contributed by atoms with E-state index in [1.807, 2.05) is 35.2 Å². The third-order valence-corrected chi connectivity index (χ3v) is 4.71. The smallest absolute Gasteiger partial charge is 0.246 e. The second-order valence-electron chi connectivity index (χ2n) is 6.70. The standard InChI is InChI=1S/C22H26N2O2/c1-18-4-3-5-20(16-18)17-23-12-14-24(15-13-23)22(25)11-8-19-6-9-21(26-2)10-7-19/h3-11,16H,12-15,17H2,1-2H3/b11-8+. The summed E-state index contributed by atoms with van der Waals surface area (Å²) in [6, 6.07) is 16.3. The molecule has 3 rings (SSSR count). The van der Waals surface area contributed by atoms with Gasteiger partial charge in [0.2, 0.25) is 5.91 Å². The molecule has 2 aromatic rings. The molecule has 0 radical (unpaired) electrons. The Bertz CT molecular complexity index is 760. The van der Waals surface area contributed by atoms with Crippen LogP contribution in [0.5, 0.6) is 5.75 Å². The number of rotatable bonds is 5. The highest BCUT2D eigenvalue weighted by atomic mass is 16.5. The van der Waals surface area contributed by atoms with Crippen molar-refractivity contribution < 1.29 is 9.53 Å². The number of methoxy groups -OCH3 is 1. The summed E-state index contributed by atoms with van der Waals surface area (Å²) in [5.74, 6) is 0.897. The van der Waals surface area contributed by atoms with Gasteiger partial charge in [0.25, 0.3) is 0 Å². The molecule has 0 saturated carbocycles. The zero-order valence-corrected chi connectivity index (χ0v) is 15.5. The predicted molar refractivity (Wildman–Crippen MR) is 105 cm³/mol. The van der Waals surface area contributed by atoms with Gasteiger partial charge < -0.3 is 9.64 Å². The number of ether oxygens (including phenoxy) is 1. The average Bonchev–Trinajstić information content (AvgIpc) is 2.67. The van der Waals surface area contributed by atoms with Gasteiger partial charge >= 0.3 is 0 Å². The van der Waals surface area contributed by atoms with E-state index in [2.05, 4.69) is 36.1 Å². The van der Waals surface area contributed by atoms with Gasteiger partial charge in [-0.25, -0.2) is 0 Å². The van der Waals surface area contributed by atoms with Crippen molar-refractivity contribution in [2.24, 2.45) is 0 Å². The maximum Gasteiger partial charge on any atom is 0.246 e. The third-order valence-electron chi connectivity index (χ3n) is 4.71. The molecular weight excluding hydrogens is 324 g/mol. The molecule has 0 aromatic heterocycles. The molecule has 2 aromatic carbocycles. The molecule has 1 saturated heterocycles. The van der Waals surface area contributed by atoms with Crippen molar-refractivity contribution in [3.05, 3.63) is 71.3 Å². The van der Waals surface area contributed by atoms with E-state index in [4.69, 9.17) is 4.74 Å². The molecule has 0 aliphatic carbocycles. The van der Waals surface area contributed by atoms with Gasteiger partial charge in [-0.3, -0.25) is 9.69 Å². The average molecular weight is 350 g/mol. The molecule has 4 heteroatoms. The Morgan fingerprint density at radius 1 is 1.08 bits per heavy atom. The topological polar surface area (TPSA) is 32.8 Å². The first kappa shape index (κ1) is 18.2. The maximum absolute atomic E-state index is 12.4. The Balaban J connectivity index is 1.49. The summed E-state index contributed by atoms with van der Waals surface area (Å²) in [4.78, 5) is 16.7. The van der Waals surface area contributed by atoms with Gasteiger partial charge in [-0.15, -0.1) is 0 Å². The number of hydrogen-bond acceptors (Lipinski definition) is 3. The van der Waals surface area contributed by atoms with Crippen molar-refractivity contribution in [3.8, 4) is 5.75 Å². The van der Waals surface area contributed by atoms with E-state index < -0.39 is 0 Å². The van der Waals surface area contributed by atoms with Crippen LogP contribution in [0.15, 0.2) is 54.6 Å². The van der Waals surface area contributed by atoms with Crippen LogP contribution in [-0.4, -0.2) is 49.0 Å². The zero-order chi connectivity index (χ0) is 18.4. The number of nitrogens with zero attached hydrogens (tertiary/aromatic N) is 2. The van der Waals surface area contributed by atoms with E-state index in [1.165, 1.54) is 11.1 Å². The molecule has 1 amide bonds. The first-order valence-corrected chi connectivity index (χ1v) is 9.03. The minimum absolute atomic E-state index is 0.0797. The monoisotopic (exact) mass is 350 g/mol. The molecule has 136 valence electrons. The number of carbonyl (C=O) groups excluding carboxylic acids is 1. The van der Waals surface area contributed by atoms with E-state index in [0.29, 0.717) is 0 Å². The molecule has 1 aliphatic heterocycles. The number of benzene rings is 2. The van der Waals surface area contributed by atoms with Crippen LogP contribution in [0.2, 0.25) is 0 Å². The zero-order valence-electron chi connectivity index (χ0n) is 15.5. The Kier molecular flexibility index (Phi) is 6.08. The van der Waals surface area contributed by atoms with Crippen LogP contribution in [0.1, 0.15) is 16.7 Å². The Morgan fingerprint density at radius 3 is 2.46 bits per heavy atom. The molecule has 1 aliphatic rings. The fourth-order valence-corrected chi connectivity index (χ4v) is 3.18. The predicted octanol–water partition coefficient (Wildman–Crippen LogP) is 3.36. The van der Waals surface area contributed by atoms with Gasteiger partial charge in [0.05, 0.1) is 7.11 Å². The van der Waals surface area contributed by atoms with Crippen LogP contribution in [0.25, 0.3) is 6.08 Å². The van der Waals surface area contributed by atoms with Crippen molar-refractivity contribution >= 4 is 12.0 Å². The van der Waals surface area contributed by atoms with E-state index >= 15 is 0 Å². The molecule has 0 bridgehead atoms. The molecule has 0 spiro atoms. The van der Waals surface area contributed by atoms with Crippen LogP contribution in [-0.2, 0) is 11.3 Å². The summed E-state index contributed by atoms with van der Waals surface area (Å²) in [5, 5.41) is 0. The minimum atomic E-state index is 0.0797. The molecule has 1 heterocycles. The summed E-state index contributed by atoms with van der Waals surface area (Å²) in [7, 11) is 1.65. The quantitative estimate of drug-likeness (QED) is 0.775. The van der Waals surface area contributed by atoms with Crippen molar-refractivity contribution in [3.63, 3.8) is 0 Å². The largest absolute Gasteiger partial charge is 0.497 e. The second kappa shape index (κ2) is 8.68.